The zero-order valence-electron chi connectivity index (χ0n) is 15.4. The predicted octanol–water partition coefficient (Wildman–Crippen LogP) is 3.38. The van der Waals surface area contributed by atoms with Crippen LogP contribution < -0.4 is 10.9 Å². The highest BCUT2D eigenvalue weighted by molar-refractivity contribution is 7.20. The molecule has 0 radical (unpaired) electrons. The number of thiophene rings is 1. The Bertz CT molecular complexity index is 1090. The number of aromatic nitrogens is 2. The molecule has 1 aliphatic heterocycles. The Kier molecular flexibility index (Phi) is 5.48. The molecule has 1 N–H and O–H groups in total. The summed E-state index contributed by atoms with van der Waals surface area (Å²) >= 11 is 7.46. The molecule has 0 bridgehead atoms. The van der Waals surface area contributed by atoms with Gasteiger partial charge in [0.25, 0.3) is 11.5 Å². The number of halogens is 1. The standard InChI is InChI=1S/C20H20ClN3O3S/c1-12-16-19(28-17(12)18(25)22-9-14-6-4-8-27-14)23-11-24(20(16)26)10-13-5-2-3-7-15(13)21/h2-3,5,7,11,14H,4,6,8-10H2,1H3,(H,22,25). The van der Waals surface area contributed by atoms with Gasteiger partial charge >= 0.3 is 0 Å². The van der Waals surface area contributed by atoms with Gasteiger partial charge in [-0.15, -0.1) is 11.3 Å². The number of benzene rings is 1. The number of aryl methyl sites for hydroxylation is 1. The van der Waals surface area contributed by atoms with E-state index >= 15 is 0 Å². The second-order valence-electron chi connectivity index (χ2n) is 6.85. The van der Waals surface area contributed by atoms with Crippen LogP contribution in [0.2, 0.25) is 5.02 Å². The molecule has 4 rings (SSSR count). The van der Waals surface area contributed by atoms with E-state index < -0.39 is 0 Å². The molecule has 8 heteroatoms. The van der Waals surface area contributed by atoms with Crippen LogP contribution in [0.1, 0.15) is 33.6 Å². The van der Waals surface area contributed by atoms with Crippen LogP contribution in [0.5, 0.6) is 0 Å². The molecule has 3 heterocycles. The summed E-state index contributed by atoms with van der Waals surface area (Å²) in [6.45, 7) is 3.36. The first-order chi connectivity index (χ1) is 13.5. The van der Waals surface area contributed by atoms with E-state index in [-0.39, 0.29) is 17.6 Å². The first-order valence-corrected chi connectivity index (χ1v) is 10.4. The van der Waals surface area contributed by atoms with Crippen molar-refractivity contribution in [3.8, 4) is 0 Å². The number of carbonyl (C=O) groups is 1. The molecule has 0 spiro atoms. The maximum Gasteiger partial charge on any atom is 0.262 e. The summed E-state index contributed by atoms with van der Waals surface area (Å²) in [4.78, 5) is 31.1. The Morgan fingerprint density at radius 1 is 1.43 bits per heavy atom. The number of nitrogens with one attached hydrogen (secondary N) is 1. The molecule has 1 unspecified atom stereocenters. The minimum Gasteiger partial charge on any atom is -0.376 e. The van der Waals surface area contributed by atoms with Crippen LogP contribution in [0.3, 0.4) is 0 Å². The van der Waals surface area contributed by atoms with Crippen molar-refractivity contribution in [2.75, 3.05) is 13.2 Å². The molecule has 0 saturated carbocycles. The smallest absolute Gasteiger partial charge is 0.262 e. The van der Waals surface area contributed by atoms with Crippen LogP contribution in [0.15, 0.2) is 35.4 Å². The number of rotatable bonds is 5. The van der Waals surface area contributed by atoms with E-state index in [4.69, 9.17) is 16.3 Å². The molecule has 28 heavy (non-hydrogen) atoms. The van der Waals surface area contributed by atoms with Gasteiger partial charge in [-0.25, -0.2) is 4.98 Å². The molecule has 146 valence electrons. The van der Waals surface area contributed by atoms with Crippen molar-refractivity contribution in [3.63, 3.8) is 0 Å². The molecule has 3 aromatic rings. The summed E-state index contributed by atoms with van der Waals surface area (Å²) in [5, 5.41) is 4.01. The summed E-state index contributed by atoms with van der Waals surface area (Å²) in [5.41, 5.74) is 1.34. The molecular weight excluding hydrogens is 398 g/mol. The van der Waals surface area contributed by atoms with Crippen LogP contribution in [0, 0.1) is 6.92 Å². The third-order valence-corrected chi connectivity index (χ3v) is 6.50. The second-order valence-corrected chi connectivity index (χ2v) is 8.26. The summed E-state index contributed by atoms with van der Waals surface area (Å²) in [6, 6.07) is 7.40. The highest BCUT2D eigenvalue weighted by atomic mass is 35.5. The minimum absolute atomic E-state index is 0.0737. The third-order valence-electron chi connectivity index (χ3n) is 4.94. The van der Waals surface area contributed by atoms with Gasteiger partial charge in [0.2, 0.25) is 0 Å². The lowest BCUT2D eigenvalue weighted by atomic mass is 10.2. The van der Waals surface area contributed by atoms with Gasteiger partial charge in [-0.05, 0) is 37.0 Å². The summed E-state index contributed by atoms with van der Waals surface area (Å²) < 4.78 is 7.07. The van der Waals surface area contributed by atoms with Gasteiger partial charge in [-0.2, -0.15) is 0 Å². The van der Waals surface area contributed by atoms with E-state index in [1.54, 1.807) is 13.0 Å². The molecule has 2 aromatic heterocycles. The van der Waals surface area contributed by atoms with Crippen molar-refractivity contribution < 1.29 is 9.53 Å². The normalized spacial score (nSPS) is 16.6. The number of ether oxygens (including phenoxy) is 1. The molecule has 1 saturated heterocycles. The zero-order chi connectivity index (χ0) is 19.7. The molecule has 1 aromatic carbocycles. The molecule has 1 atom stereocenters. The Hall–Kier alpha value is -2.22. The first kappa shape index (κ1) is 19.1. The summed E-state index contributed by atoms with van der Waals surface area (Å²) in [6.07, 6.45) is 3.57. The van der Waals surface area contributed by atoms with Crippen LogP contribution in [-0.4, -0.2) is 34.7 Å². The Morgan fingerprint density at radius 2 is 2.25 bits per heavy atom. The Labute approximate surface area is 171 Å². The molecular formula is C20H20ClN3O3S. The molecule has 1 aliphatic rings. The third kappa shape index (κ3) is 3.70. The van der Waals surface area contributed by atoms with Crippen molar-refractivity contribution in [1.82, 2.24) is 14.9 Å². The first-order valence-electron chi connectivity index (χ1n) is 9.16. The van der Waals surface area contributed by atoms with Crippen LogP contribution in [0.25, 0.3) is 10.2 Å². The number of amides is 1. The van der Waals surface area contributed by atoms with Gasteiger partial charge in [0.05, 0.1) is 29.2 Å². The fourth-order valence-electron chi connectivity index (χ4n) is 3.39. The monoisotopic (exact) mass is 417 g/mol. The lowest BCUT2D eigenvalue weighted by Gasteiger charge is -2.10. The maximum atomic E-state index is 13.0. The van der Waals surface area contributed by atoms with Crippen LogP contribution in [0.4, 0.5) is 0 Å². The van der Waals surface area contributed by atoms with Gasteiger partial charge in [0.15, 0.2) is 0 Å². The van der Waals surface area contributed by atoms with Gasteiger partial charge in [0, 0.05) is 18.2 Å². The van der Waals surface area contributed by atoms with Gasteiger partial charge < -0.3 is 10.1 Å². The topological polar surface area (TPSA) is 73.2 Å². The van der Waals surface area contributed by atoms with E-state index in [2.05, 4.69) is 10.3 Å². The molecule has 0 aliphatic carbocycles. The van der Waals surface area contributed by atoms with Crippen LogP contribution >= 0.6 is 22.9 Å². The van der Waals surface area contributed by atoms with Gasteiger partial charge in [-0.1, -0.05) is 29.8 Å². The lowest BCUT2D eigenvalue weighted by Crippen LogP contribution is -2.31. The number of nitrogens with zero attached hydrogens (tertiary/aromatic N) is 2. The van der Waals surface area contributed by atoms with Crippen molar-refractivity contribution >= 4 is 39.1 Å². The fourth-order valence-corrected chi connectivity index (χ4v) is 4.64. The van der Waals surface area contributed by atoms with E-state index in [1.165, 1.54) is 22.2 Å². The van der Waals surface area contributed by atoms with E-state index in [0.29, 0.717) is 38.8 Å². The number of fused-ring (bicyclic) bond motifs is 1. The second kappa shape index (κ2) is 8.03. The van der Waals surface area contributed by atoms with Crippen LogP contribution in [-0.2, 0) is 11.3 Å². The fraction of sp³-hybridized carbons (Fsp3) is 0.350. The number of hydrogen-bond donors (Lipinski definition) is 1. The molecule has 6 nitrogen and oxygen atoms in total. The average Bonchev–Trinajstić information content (AvgIpc) is 3.32. The zero-order valence-corrected chi connectivity index (χ0v) is 17.0. The quantitative estimate of drug-likeness (QED) is 0.690. The highest BCUT2D eigenvalue weighted by Crippen LogP contribution is 2.27. The highest BCUT2D eigenvalue weighted by Gasteiger charge is 2.21. The van der Waals surface area contributed by atoms with E-state index in [1.807, 2.05) is 18.2 Å². The van der Waals surface area contributed by atoms with E-state index in [9.17, 15) is 9.59 Å². The van der Waals surface area contributed by atoms with Gasteiger partial charge in [0.1, 0.15) is 4.83 Å². The molecule has 1 fully saturated rings. The van der Waals surface area contributed by atoms with Crippen molar-refractivity contribution in [2.24, 2.45) is 0 Å². The average molecular weight is 418 g/mol. The number of hydrogen-bond acceptors (Lipinski definition) is 5. The summed E-state index contributed by atoms with van der Waals surface area (Å²) in [5.74, 6) is -0.187. The van der Waals surface area contributed by atoms with E-state index in [0.717, 1.165) is 25.0 Å². The lowest BCUT2D eigenvalue weighted by molar-refractivity contribution is 0.0860. The van der Waals surface area contributed by atoms with Crippen molar-refractivity contribution in [3.05, 3.63) is 62.0 Å². The molecule has 1 amide bonds. The minimum atomic E-state index is -0.187. The largest absolute Gasteiger partial charge is 0.376 e. The predicted molar refractivity (Wildman–Crippen MR) is 110 cm³/mol. The maximum absolute atomic E-state index is 13.0. The van der Waals surface area contributed by atoms with Crippen molar-refractivity contribution in [1.29, 1.82) is 0 Å². The SMILES string of the molecule is Cc1c(C(=O)NCC2CCCO2)sc2ncn(Cc3ccccc3Cl)c(=O)c12. The van der Waals surface area contributed by atoms with Crippen molar-refractivity contribution in [2.45, 2.75) is 32.4 Å². The summed E-state index contributed by atoms with van der Waals surface area (Å²) in [7, 11) is 0. The Morgan fingerprint density at radius 3 is 3.00 bits per heavy atom. The number of carbonyl (C=O) groups excluding carboxylic acids is 1. The van der Waals surface area contributed by atoms with Gasteiger partial charge in [-0.3, -0.25) is 14.2 Å². The Balaban J connectivity index is 1.61.